The lowest BCUT2D eigenvalue weighted by Crippen LogP contribution is -2.02. The molecule has 1 heterocycles. The Morgan fingerprint density at radius 2 is 2.17 bits per heavy atom. The van der Waals surface area contributed by atoms with Crippen molar-refractivity contribution in [1.82, 2.24) is 4.98 Å². The molecule has 1 aromatic heterocycles. The number of nitrogens with zero attached hydrogens (tertiary/aromatic N) is 1. The van der Waals surface area contributed by atoms with Gasteiger partial charge in [0.1, 0.15) is 5.15 Å². The predicted molar refractivity (Wildman–Crippen MR) is 46.0 cm³/mol. The van der Waals surface area contributed by atoms with Crippen molar-refractivity contribution in [1.29, 1.82) is 0 Å². The van der Waals surface area contributed by atoms with Crippen LogP contribution in [0, 0.1) is 6.92 Å². The quantitative estimate of drug-likeness (QED) is 0.717. The van der Waals surface area contributed by atoms with Crippen molar-refractivity contribution in [2.45, 2.75) is 6.92 Å². The highest BCUT2D eigenvalue weighted by Crippen LogP contribution is 2.23. The molecule has 0 fully saturated rings. The highest BCUT2D eigenvalue weighted by Gasteiger charge is 2.14. The summed E-state index contributed by atoms with van der Waals surface area (Å²) in [5.41, 5.74) is 0.397. The number of pyridine rings is 1. The maximum atomic E-state index is 10.6. The first-order chi connectivity index (χ1) is 5.54. The van der Waals surface area contributed by atoms with Gasteiger partial charge in [0.2, 0.25) is 0 Å². The van der Waals surface area contributed by atoms with Gasteiger partial charge in [-0.25, -0.2) is 9.78 Å². The predicted octanol–water partition coefficient (Wildman–Crippen LogP) is 2.40. The Balaban J connectivity index is 3.43. The molecule has 0 aliphatic rings. The summed E-state index contributed by atoms with van der Waals surface area (Å²) < 4.78 is 0. The van der Waals surface area contributed by atoms with Crippen molar-refractivity contribution in [2.24, 2.45) is 0 Å². The van der Waals surface area contributed by atoms with Gasteiger partial charge in [-0.3, -0.25) is 0 Å². The molecule has 12 heavy (non-hydrogen) atoms. The van der Waals surface area contributed by atoms with Crippen LogP contribution in [0.25, 0.3) is 0 Å². The molecule has 0 saturated heterocycles. The summed E-state index contributed by atoms with van der Waals surface area (Å²) in [4.78, 5) is 14.3. The van der Waals surface area contributed by atoms with Crippen molar-refractivity contribution in [3.63, 3.8) is 0 Å². The van der Waals surface area contributed by atoms with E-state index in [-0.39, 0.29) is 15.7 Å². The molecule has 0 aliphatic heterocycles. The summed E-state index contributed by atoms with van der Waals surface area (Å²) in [6.07, 6.45) is 1.22. The molecule has 0 saturated carbocycles. The average Bonchev–Trinajstić information content (AvgIpc) is 1.97. The van der Waals surface area contributed by atoms with Gasteiger partial charge < -0.3 is 5.11 Å². The zero-order valence-electron chi connectivity index (χ0n) is 6.14. The molecule has 0 unspecified atom stereocenters. The Kier molecular flexibility index (Phi) is 2.55. The zero-order chi connectivity index (χ0) is 9.30. The maximum absolute atomic E-state index is 10.6. The highest BCUT2D eigenvalue weighted by molar-refractivity contribution is 6.35. The zero-order valence-corrected chi connectivity index (χ0v) is 7.65. The molecule has 64 valence electrons. The van der Waals surface area contributed by atoms with Gasteiger partial charge in [0, 0.05) is 11.8 Å². The Labute approximate surface area is 78.9 Å². The van der Waals surface area contributed by atoms with E-state index in [9.17, 15) is 4.79 Å². The molecule has 5 heteroatoms. The first kappa shape index (κ1) is 9.29. The van der Waals surface area contributed by atoms with Crippen LogP contribution in [0.1, 0.15) is 15.9 Å². The topological polar surface area (TPSA) is 50.2 Å². The van der Waals surface area contributed by atoms with E-state index in [0.717, 1.165) is 0 Å². The van der Waals surface area contributed by atoms with E-state index in [1.165, 1.54) is 6.20 Å². The van der Waals surface area contributed by atoms with Crippen molar-refractivity contribution in [2.75, 3.05) is 0 Å². The fourth-order valence-corrected chi connectivity index (χ4v) is 1.23. The van der Waals surface area contributed by atoms with Crippen LogP contribution in [0.4, 0.5) is 0 Å². The Morgan fingerprint density at radius 3 is 2.58 bits per heavy atom. The van der Waals surface area contributed by atoms with Gasteiger partial charge >= 0.3 is 5.97 Å². The van der Waals surface area contributed by atoms with E-state index in [1.807, 2.05) is 0 Å². The summed E-state index contributed by atoms with van der Waals surface area (Å²) in [7, 11) is 0. The minimum Gasteiger partial charge on any atom is -0.478 e. The second-order valence-corrected chi connectivity index (χ2v) is 2.97. The van der Waals surface area contributed by atoms with Gasteiger partial charge in [0.05, 0.1) is 10.6 Å². The standard InChI is InChI=1S/C7H5Cl2NO2/c1-3-5(7(11)12)4(8)2-10-6(3)9/h2H,1H3,(H,11,12). The SMILES string of the molecule is Cc1c(Cl)ncc(Cl)c1C(=O)O. The van der Waals surface area contributed by atoms with E-state index in [0.29, 0.717) is 5.56 Å². The third-order valence-corrected chi connectivity index (χ3v) is 2.10. The smallest absolute Gasteiger partial charge is 0.337 e. The van der Waals surface area contributed by atoms with Gasteiger partial charge in [-0.1, -0.05) is 23.2 Å². The lowest BCUT2D eigenvalue weighted by Gasteiger charge is -2.03. The van der Waals surface area contributed by atoms with E-state index >= 15 is 0 Å². The summed E-state index contributed by atoms with van der Waals surface area (Å²) >= 11 is 11.2. The molecule has 0 atom stereocenters. The third-order valence-electron chi connectivity index (χ3n) is 1.43. The van der Waals surface area contributed by atoms with E-state index in [4.69, 9.17) is 28.3 Å². The van der Waals surface area contributed by atoms with E-state index < -0.39 is 5.97 Å². The fourth-order valence-electron chi connectivity index (χ4n) is 0.820. The van der Waals surface area contributed by atoms with Crippen LogP contribution in [0.3, 0.4) is 0 Å². The molecule has 0 aliphatic carbocycles. The summed E-state index contributed by atoms with van der Waals surface area (Å²) in [5, 5.41) is 8.97. The minimum absolute atomic E-state index is 0.0108. The summed E-state index contributed by atoms with van der Waals surface area (Å²) in [6.45, 7) is 1.56. The lowest BCUT2D eigenvalue weighted by molar-refractivity contribution is 0.0696. The van der Waals surface area contributed by atoms with Crippen LogP contribution in [-0.2, 0) is 0 Å². The van der Waals surface area contributed by atoms with Crippen LogP contribution < -0.4 is 0 Å². The molecule has 0 bridgehead atoms. The van der Waals surface area contributed by atoms with Crippen molar-refractivity contribution in [3.8, 4) is 0 Å². The largest absolute Gasteiger partial charge is 0.478 e. The first-order valence-electron chi connectivity index (χ1n) is 3.08. The normalized spacial score (nSPS) is 9.92. The first-order valence-corrected chi connectivity index (χ1v) is 3.83. The fraction of sp³-hybridized carbons (Fsp3) is 0.143. The monoisotopic (exact) mass is 205 g/mol. The van der Waals surface area contributed by atoms with Gasteiger partial charge in [-0.2, -0.15) is 0 Å². The molecular weight excluding hydrogens is 201 g/mol. The van der Waals surface area contributed by atoms with Crippen LogP contribution in [0.15, 0.2) is 6.20 Å². The van der Waals surface area contributed by atoms with E-state index in [1.54, 1.807) is 6.92 Å². The number of carboxylic acids is 1. The number of rotatable bonds is 1. The number of hydrogen-bond donors (Lipinski definition) is 1. The molecule has 0 aromatic carbocycles. The van der Waals surface area contributed by atoms with Gasteiger partial charge in [-0.05, 0) is 6.92 Å². The second kappa shape index (κ2) is 3.29. The van der Waals surface area contributed by atoms with Crippen LogP contribution in [-0.4, -0.2) is 16.1 Å². The highest BCUT2D eigenvalue weighted by atomic mass is 35.5. The summed E-state index contributed by atoms with van der Waals surface area (Å²) in [5.74, 6) is -1.10. The van der Waals surface area contributed by atoms with Crippen LogP contribution in [0.5, 0.6) is 0 Å². The van der Waals surface area contributed by atoms with Crippen LogP contribution in [0.2, 0.25) is 10.2 Å². The summed E-state index contributed by atoms with van der Waals surface area (Å²) in [6, 6.07) is 0. The molecule has 1 rings (SSSR count). The van der Waals surface area contributed by atoms with Crippen molar-refractivity contribution >= 4 is 29.2 Å². The molecule has 0 radical (unpaired) electrons. The molecule has 3 nitrogen and oxygen atoms in total. The number of halogens is 2. The average molecular weight is 206 g/mol. The van der Waals surface area contributed by atoms with Crippen molar-refractivity contribution < 1.29 is 9.90 Å². The number of aromatic nitrogens is 1. The third kappa shape index (κ3) is 1.52. The maximum Gasteiger partial charge on any atom is 0.337 e. The molecular formula is C7H5Cl2NO2. The van der Waals surface area contributed by atoms with Crippen molar-refractivity contribution in [3.05, 3.63) is 27.5 Å². The van der Waals surface area contributed by atoms with Gasteiger partial charge in [0.25, 0.3) is 0 Å². The van der Waals surface area contributed by atoms with E-state index in [2.05, 4.69) is 4.98 Å². The molecule has 0 spiro atoms. The Bertz CT molecular complexity index is 338. The Hall–Kier alpha value is -0.800. The molecule has 1 aromatic rings. The minimum atomic E-state index is -1.10. The number of hydrogen-bond acceptors (Lipinski definition) is 2. The lowest BCUT2D eigenvalue weighted by atomic mass is 10.1. The molecule has 1 N–H and O–H groups in total. The number of carboxylic acid groups (broad SMARTS) is 1. The van der Waals surface area contributed by atoms with Crippen LogP contribution >= 0.6 is 23.2 Å². The van der Waals surface area contributed by atoms with Gasteiger partial charge in [0.15, 0.2) is 0 Å². The molecule has 0 amide bonds. The number of carbonyl (C=O) groups is 1. The Morgan fingerprint density at radius 1 is 1.58 bits per heavy atom. The van der Waals surface area contributed by atoms with Gasteiger partial charge in [-0.15, -0.1) is 0 Å². The number of aromatic carboxylic acids is 1. The second-order valence-electron chi connectivity index (χ2n) is 2.20.